The number of ether oxygens (including phenoxy) is 1. The SMILES string of the molecule is CCOC(=O)c1ccc(NC(=O)c2ccc(S(=O)(=O)N3CCCCC3C)cc2)cc1. The number of nitrogens with zero attached hydrogens (tertiary/aromatic N) is 1. The van der Waals surface area contributed by atoms with Crippen molar-refractivity contribution in [3.63, 3.8) is 0 Å². The predicted molar refractivity (Wildman–Crippen MR) is 114 cm³/mol. The van der Waals surface area contributed by atoms with Gasteiger partial charge in [0, 0.05) is 23.8 Å². The number of carbonyl (C=O) groups is 2. The molecule has 0 aromatic heterocycles. The van der Waals surface area contributed by atoms with Gasteiger partial charge in [0.05, 0.1) is 17.1 Å². The number of amides is 1. The lowest BCUT2D eigenvalue weighted by Gasteiger charge is -2.32. The molecule has 2 aromatic rings. The zero-order valence-electron chi connectivity index (χ0n) is 17.1. The standard InChI is InChI=1S/C22H26N2O5S/c1-3-29-22(26)18-7-11-19(12-8-18)23-21(25)17-9-13-20(14-10-17)30(27,28)24-15-5-4-6-16(24)2/h7-14,16H,3-6,15H2,1-2H3,(H,23,25). The van der Waals surface area contributed by atoms with Gasteiger partial charge in [-0.05, 0) is 75.2 Å². The summed E-state index contributed by atoms with van der Waals surface area (Å²) in [6, 6.07) is 12.3. The quantitative estimate of drug-likeness (QED) is 0.706. The molecule has 1 amide bonds. The van der Waals surface area contributed by atoms with Crippen LogP contribution in [0.15, 0.2) is 53.4 Å². The molecule has 1 N–H and O–H groups in total. The van der Waals surface area contributed by atoms with Crippen LogP contribution >= 0.6 is 0 Å². The number of carbonyl (C=O) groups excluding carboxylic acids is 2. The molecule has 8 heteroatoms. The van der Waals surface area contributed by atoms with Crippen LogP contribution in [-0.4, -0.2) is 43.8 Å². The summed E-state index contributed by atoms with van der Waals surface area (Å²) in [7, 11) is -3.57. The van der Waals surface area contributed by atoms with Gasteiger partial charge in [0.2, 0.25) is 10.0 Å². The number of hydrogen-bond donors (Lipinski definition) is 1. The van der Waals surface area contributed by atoms with Gasteiger partial charge >= 0.3 is 5.97 Å². The van der Waals surface area contributed by atoms with E-state index < -0.39 is 16.0 Å². The van der Waals surface area contributed by atoms with E-state index in [-0.39, 0.29) is 16.8 Å². The highest BCUT2D eigenvalue weighted by molar-refractivity contribution is 7.89. The molecule has 1 unspecified atom stereocenters. The van der Waals surface area contributed by atoms with Crippen LogP contribution in [0.4, 0.5) is 5.69 Å². The van der Waals surface area contributed by atoms with Crippen LogP contribution in [0.1, 0.15) is 53.8 Å². The normalized spacial score (nSPS) is 17.3. The topological polar surface area (TPSA) is 92.8 Å². The Balaban J connectivity index is 1.68. The maximum absolute atomic E-state index is 12.9. The first-order valence-corrected chi connectivity index (χ1v) is 11.5. The third-order valence-corrected chi connectivity index (χ3v) is 7.15. The van der Waals surface area contributed by atoms with Crippen molar-refractivity contribution in [3.05, 3.63) is 59.7 Å². The van der Waals surface area contributed by atoms with Gasteiger partial charge in [-0.25, -0.2) is 13.2 Å². The number of rotatable bonds is 6. The Bertz CT molecular complexity index is 1000. The molecule has 0 aliphatic carbocycles. The lowest BCUT2D eigenvalue weighted by Crippen LogP contribution is -2.41. The van der Waals surface area contributed by atoms with E-state index in [1.807, 2.05) is 6.92 Å². The van der Waals surface area contributed by atoms with E-state index in [0.717, 1.165) is 19.3 Å². The molecule has 1 heterocycles. The van der Waals surface area contributed by atoms with Crippen molar-refractivity contribution >= 4 is 27.6 Å². The molecule has 0 saturated carbocycles. The van der Waals surface area contributed by atoms with E-state index in [9.17, 15) is 18.0 Å². The summed E-state index contributed by atoms with van der Waals surface area (Å²) in [6.07, 6.45) is 2.75. The molecular weight excluding hydrogens is 404 g/mol. The minimum Gasteiger partial charge on any atom is -0.462 e. The summed E-state index contributed by atoms with van der Waals surface area (Å²) in [4.78, 5) is 24.4. The molecule has 160 valence electrons. The Hall–Kier alpha value is -2.71. The Labute approximate surface area is 177 Å². The number of benzene rings is 2. The number of anilines is 1. The largest absolute Gasteiger partial charge is 0.462 e. The second-order valence-corrected chi connectivity index (χ2v) is 9.13. The van der Waals surface area contributed by atoms with E-state index in [0.29, 0.717) is 30.0 Å². The van der Waals surface area contributed by atoms with Crippen molar-refractivity contribution in [2.45, 2.75) is 44.0 Å². The zero-order chi connectivity index (χ0) is 21.7. The van der Waals surface area contributed by atoms with Gasteiger partial charge in [0.1, 0.15) is 0 Å². The van der Waals surface area contributed by atoms with E-state index in [1.165, 1.54) is 28.6 Å². The van der Waals surface area contributed by atoms with Crippen molar-refractivity contribution in [2.75, 3.05) is 18.5 Å². The first kappa shape index (κ1) is 22.0. The Morgan fingerprint density at radius 2 is 1.67 bits per heavy atom. The molecule has 3 rings (SSSR count). The Morgan fingerprint density at radius 1 is 1.03 bits per heavy atom. The average Bonchev–Trinajstić information content (AvgIpc) is 2.74. The van der Waals surface area contributed by atoms with E-state index in [4.69, 9.17) is 4.74 Å². The van der Waals surface area contributed by atoms with Crippen LogP contribution in [0.2, 0.25) is 0 Å². The monoisotopic (exact) mass is 430 g/mol. The molecule has 1 atom stereocenters. The summed E-state index contributed by atoms with van der Waals surface area (Å²) in [5.74, 6) is -0.788. The summed E-state index contributed by atoms with van der Waals surface area (Å²) in [6.45, 7) is 4.47. The fourth-order valence-electron chi connectivity index (χ4n) is 3.45. The Morgan fingerprint density at radius 3 is 2.27 bits per heavy atom. The number of sulfonamides is 1. The van der Waals surface area contributed by atoms with Crippen LogP contribution in [0, 0.1) is 0 Å². The summed E-state index contributed by atoms with van der Waals surface area (Å²) >= 11 is 0. The first-order valence-electron chi connectivity index (χ1n) is 10.0. The molecule has 1 aliphatic rings. The summed E-state index contributed by atoms with van der Waals surface area (Å²) in [5, 5.41) is 2.73. The van der Waals surface area contributed by atoms with Crippen molar-refractivity contribution in [1.29, 1.82) is 0 Å². The van der Waals surface area contributed by atoms with Crippen molar-refractivity contribution < 1.29 is 22.7 Å². The molecule has 0 radical (unpaired) electrons. The van der Waals surface area contributed by atoms with Gasteiger partial charge in [-0.2, -0.15) is 4.31 Å². The van der Waals surface area contributed by atoms with Gasteiger partial charge in [-0.15, -0.1) is 0 Å². The highest BCUT2D eigenvalue weighted by Crippen LogP contribution is 2.25. The summed E-state index contributed by atoms with van der Waals surface area (Å²) in [5.41, 5.74) is 1.26. The zero-order valence-corrected chi connectivity index (χ0v) is 17.9. The molecule has 1 fully saturated rings. The fourth-order valence-corrected chi connectivity index (χ4v) is 5.15. The highest BCUT2D eigenvalue weighted by atomic mass is 32.2. The molecular formula is C22H26N2O5S. The molecule has 7 nitrogen and oxygen atoms in total. The predicted octanol–water partition coefficient (Wildman–Crippen LogP) is 3.68. The lowest BCUT2D eigenvalue weighted by atomic mass is 10.1. The van der Waals surface area contributed by atoms with Crippen LogP contribution in [0.25, 0.3) is 0 Å². The van der Waals surface area contributed by atoms with Gasteiger partial charge in [-0.1, -0.05) is 6.42 Å². The van der Waals surface area contributed by atoms with Crippen molar-refractivity contribution in [3.8, 4) is 0 Å². The van der Waals surface area contributed by atoms with Gasteiger partial charge < -0.3 is 10.1 Å². The minimum absolute atomic E-state index is 0.0238. The van der Waals surface area contributed by atoms with Crippen LogP contribution in [-0.2, 0) is 14.8 Å². The van der Waals surface area contributed by atoms with Crippen molar-refractivity contribution in [1.82, 2.24) is 4.31 Å². The van der Waals surface area contributed by atoms with E-state index >= 15 is 0 Å². The second-order valence-electron chi connectivity index (χ2n) is 7.24. The average molecular weight is 431 g/mol. The number of nitrogens with one attached hydrogen (secondary N) is 1. The molecule has 0 spiro atoms. The van der Waals surface area contributed by atoms with Gasteiger partial charge in [0.25, 0.3) is 5.91 Å². The molecule has 30 heavy (non-hydrogen) atoms. The van der Waals surface area contributed by atoms with E-state index in [2.05, 4.69) is 5.32 Å². The van der Waals surface area contributed by atoms with E-state index in [1.54, 1.807) is 31.2 Å². The molecule has 1 saturated heterocycles. The fraction of sp³-hybridized carbons (Fsp3) is 0.364. The third kappa shape index (κ3) is 4.88. The van der Waals surface area contributed by atoms with Gasteiger partial charge in [-0.3, -0.25) is 4.79 Å². The first-order chi connectivity index (χ1) is 14.3. The minimum atomic E-state index is -3.57. The Kier molecular flexibility index (Phi) is 6.89. The molecule has 1 aliphatic heterocycles. The van der Waals surface area contributed by atoms with Gasteiger partial charge in [0.15, 0.2) is 0 Å². The smallest absolute Gasteiger partial charge is 0.338 e. The van der Waals surface area contributed by atoms with Crippen LogP contribution in [0.5, 0.6) is 0 Å². The maximum Gasteiger partial charge on any atom is 0.338 e. The highest BCUT2D eigenvalue weighted by Gasteiger charge is 2.30. The van der Waals surface area contributed by atoms with Crippen LogP contribution < -0.4 is 5.32 Å². The molecule has 0 bridgehead atoms. The molecule has 2 aromatic carbocycles. The maximum atomic E-state index is 12.9. The number of hydrogen-bond acceptors (Lipinski definition) is 5. The van der Waals surface area contributed by atoms with Crippen molar-refractivity contribution in [2.24, 2.45) is 0 Å². The number of piperidine rings is 1. The summed E-state index contributed by atoms with van der Waals surface area (Å²) < 4.78 is 32.2. The third-order valence-electron chi connectivity index (χ3n) is 5.12. The lowest BCUT2D eigenvalue weighted by molar-refractivity contribution is 0.0526. The number of esters is 1. The van der Waals surface area contributed by atoms with Crippen LogP contribution in [0.3, 0.4) is 0 Å². The second kappa shape index (κ2) is 9.40.